The Morgan fingerprint density at radius 2 is 2.00 bits per heavy atom. The molecule has 0 bridgehead atoms. The van der Waals surface area contributed by atoms with Crippen molar-refractivity contribution < 1.29 is 19.4 Å². The minimum absolute atomic E-state index is 0.0350. The molecule has 4 rings (SSSR count). The van der Waals surface area contributed by atoms with Crippen molar-refractivity contribution in [3.8, 4) is 11.4 Å². The van der Waals surface area contributed by atoms with Crippen LogP contribution in [0.25, 0.3) is 16.6 Å². The van der Waals surface area contributed by atoms with Crippen molar-refractivity contribution in [2.24, 2.45) is 10.7 Å². The van der Waals surface area contributed by atoms with Gasteiger partial charge in [-0.05, 0) is 75.2 Å². The number of carboxylic acid groups (broad SMARTS) is 1. The van der Waals surface area contributed by atoms with Crippen molar-refractivity contribution in [2.45, 2.75) is 25.3 Å². The normalized spacial score (nSPS) is 15.6. The molecule has 1 atom stereocenters. The predicted octanol–water partition coefficient (Wildman–Crippen LogP) is 4.80. The van der Waals surface area contributed by atoms with E-state index in [1.807, 2.05) is 4.90 Å². The van der Waals surface area contributed by atoms with Crippen LogP contribution in [-0.2, 0) is 0 Å². The van der Waals surface area contributed by atoms with E-state index in [-0.39, 0.29) is 17.2 Å². The summed E-state index contributed by atoms with van der Waals surface area (Å²) in [6.45, 7) is 3.98. The first-order chi connectivity index (χ1) is 17.8. The van der Waals surface area contributed by atoms with Gasteiger partial charge in [0.05, 0.1) is 11.2 Å². The molecule has 4 N–H and O–H groups in total. The number of benzene rings is 2. The number of phenolic OH excluding ortho intramolecular Hbond substituents is 1. The number of hydrogen-bond donors (Lipinski definition) is 3. The molecule has 3 aromatic rings. The van der Waals surface area contributed by atoms with Gasteiger partial charge in [-0.1, -0.05) is 11.6 Å². The monoisotopic (exact) mass is 526 g/mol. The number of anilines is 1. The van der Waals surface area contributed by atoms with Gasteiger partial charge in [0.2, 0.25) is 5.43 Å². The molecular formula is C27H28ClFN4O4. The third-order valence-electron chi connectivity index (χ3n) is 6.02. The number of nitrogens with zero attached hydrogens (tertiary/aromatic N) is 3. The van der Waals surface area contributed by atoms with Crippen molar-refractivity contribution in [2.75, 3.05) is 18.5 Å². The first-order valence-corrected chi connectivity index (χ1v) is 11.9. The molecule has 1 unspecified atom stereocenters. The quantitative estimate of drug-likeness (QED) is 0.300. The maximum absolute atomic E-state index is 15.4. The highest BCUT2D eigenvalue weighted by Gasteiger charge is 2.28. The predicted molar refractivity (Wildman–Crippen MR) is 146 cm³/mol. The Morgan fingerprint density at radius 3 is 2.65 bits per heavy atom. The van der Waals surface area contributed by atoms with E-state index in [0.29, 0.717) is 34.9 Å². The molecule has 1 aromatic heterocycles. The number of carbonyl (C=O) groups is 1. The smallest absolute Gasteiger partial charge is 0.341 e. The van der Waals surface area contributed by atoms with Gasteiger partial charge < -0.3 is 25.4 Å². The number of halogens is 2. The Balaban J connectivity index is 0.00000186. The van der Waals surface area contributed by atoms with Crippen LogP contribution >= 0.6 is 11.6 Å². The van der Waals surface area contributed by atoms with Crippen LogP contribution in [0.1, 0.15) is 29.6 Å². The maximum Gasteiger partial charge on any atom is 0.341 e. The van der Waals surface area contributed by atoms with E-state index < -0.39 is 22.8 Å². The van der Waals surface area contributed by atoms with Gasteiger partial charge in [-0.3, -0.25) is 9.79 Å². The zero-order chi connectivity index (χ0) is 27.1. The van der Waals surface area contributed by atoms with E-state index in [1.54, 1.807) is 30.4 Å². The van der Waals surface area contributed by atoms with Gasteiger partial charge in [0.15, 0.2) is 0 Å². The zero-order valence-corrected chi connectivity index (χ0v) is 21.0. The van der Waals surface area contributed by atoms with Gasteiger partial charge in [-0.15, -0.1) is 0 Å². The lowest BCUT2D eigenvalue weighted by Crippen LogP contribution is -2.30. The number of aliphatic imine (C=N–C) groups is 1. The van der Waals surface area contributed by atoms with Gasteiger partial charge in [-0.2, -0.15) is 0 Å². The van der Waals surface area contributed by atoms with Crippen molar-refractivity contribution in [1.82, 2.24) is 4.57 Å². The summed E-state index contributed by atoms with van der Waals surface area (Å²) >= 11 is 6.38. The lowest BCUT2D eigenvalue weighted by Gasteiger charge is -2.28. The second kappa shape index (κ2) is 12.3. The van der Waals surface area contributed by atoms with Crippen molar-refractivity contribution in [3.05, 3.63) is 87.6 Å². The van der Waals surface area contributed by atoms with E-state index in [2.05, 4.69) is 17.4 Å². The minimum atomic E-state index is -1.41. The molecule has 1 aliphatic heterocycles. The molecule has 1 saturated heterocycles. The van der Waals surface area contributed by atoms with Crippen LogP contribution in [0.15, 0.2) is 75.8 Å². The summed E-state index contributed by atoms with van der Waals surface area (Å²) in [7, 11) is 1.50. The number of carboxylic acids is 1. The summed E-state index contributed by atoms with van der Waals surface area (Å²) in [6, 6.07) is 8.69. The van der Waals surface area contributed by atoms with E-state index in [4.69, 9.17) is 11.6 Å². The summed E-state index contributed by atoms with van der Waals surface area (Å²) in [5, 5.41) is 19.8. The molecule has 0 aliphatic carbocycles. The van der Waals surface area contributed by atoms with Crippen molar-refractivity contribution >= 4 is 40.9 Å². The molecule has 0 saturated carbocycles. The molecule has 2 aromatic carbocycles. The Kier molecular flexibility index (Phi) is 9.21. The Morgan fingerprint density at radius 1 is 1.30 bits per heavy atom. The molecule has 0 amide bonds. The summed E-state index contributed by atoms with van der Waals surface area (Å²) in [5.74, 6) is -1.99. The van der Waals surface area contributed by atoms with Crippen LogP contribution in [-0.4, -0.2) is 47.1 Å². The first-order valence-electron chi connectivity index (χ1n) is 11.5. The van der Waals surface area contributed by atoms with Gasteiger partial charge in [-0.25, -0.2) is 9.18 Å². The van der Waals surface area contributed by atoms with E-state index in [0.717, 1.165) is 18.9 Å². The van der Waals surface area contributed by atoms with Gasteiger partial charge in [0.1, 0.15) is 17.1 Å². The van der Waals surface area contributed by atoms with Gasteiger partial charge >= 0.3 is 5.97 Å². The SMILES string of the molecule is C=N/C=C\C=C(\Cl)CC1CCCN1c1cc2c(cc1F)c(=O)c(C(=O)O)cn2-c1ccc(O)cc1.CN. The average molecular weight is 527 g/mol. The number of aromatic nitrogens is 1. The highest BCUT2D eigenvalue weighted by Crippen LogP contribution is 2.34. The molecule has 0 radical (unpaired) electrons. The number of rotatable bonds is 7. The van der Waals surface area contributed by atoms with Crippen molar-refractivity contribution in [3.63, 3.8) is 0 Å². The molecule has 2 heterocycles. The standard InChI is InChI=1S/C26H23ClFN3O4.CH5N/c1-29-10-2-4-16(27)12-18-5-3-11-30(18)24-14-23-20(13-22(24)28)25(33)21(26(34)35)15-31(23)17-6-8-19(32)9-7-17;1-2/h2,4,6-10,13-15,18,32H,1,3,5,11-12H2,(H,34,35);2H2,1H3/b10-2-,16-4+;. The van der Waals surface area contributed by atoms with Crippen molar-refractivity contribution in [1.29, 1.82) is 0 Å². The van der Waals surface area contributed by atoms with Crippen LogP contribution in [0.5, 0.6) is 5.75 Å². The van der Waals surface area contributed by atoms with Gasteiger partial charge in [0, 0.05) is 47.5 Å². The van der Waals surface area contributed by atoms with E-state index in [9.17, 15) is 19.8 Å². The maximum atomic E-state index is 15.4. The molecule has 8 nitrogen and oxygen atoms in total. The molecule has 37 heavy (non-hydrogen) atoms. The summed E-state index contributed by atoms with van der Waals surface area (Å²) in [6.07, 6.45) is 8.31. The number of hydrogen-bond acceptors (Lipinski definition) is 6. The average Bonchev–Trinajstić information content (AvgIpc) is 3.33. The van der Waals surface area contributed by atoms with Gasteiger partial charge in [0.25, 0.3) is 0 Å². The summed E-state index contributed by atoms with van der Waals surface area (Å²) in [5.41, 5.74) is 4.44. The number of fused-ring (bicyclic) bond motifs is 1. The summed E-state index contributed by atoms with van der Waals surface area (Å²) < 4.78 is 16.9. The lowest BCUT2D eigenvalue weighted by molar-refractivity contribution is 0.0695. The third kappa shape index (κ3) is 6.07. The fourth-order valence-electron chi connectivity index (χ4n) is 4.40. The minimum Gasteiger partial charge on any atom is -0.508 e. The Bertz CT molecular complexity index is 1420. The molecule has 1 fully saturated rings. The first kappa shape index (κ1) is 27.6. The molecule has 194 valence electrons. The number of nitrogens with two attached hydrogens (primary N) is 1. The summed E-state index contributed by atoms with van der Waals surface area (Å²) in [4.78, 5) is 30.1. The number of aromatic hydroxyl groups is 1. The molecule has 1 aliphatic rings. The fraction of sp³-hybridized carbons (Fsp3) is 0.222. The van der Waals surface area contributed by atoms with Crippen LogP contribution in [0.2, 0.25) is 0 Å². The van der Waals surface area contributed by atoms with E-state index in [1.165, 1.54) is 36.1 Å². The second-order valence-corrected chi connectivity index (χ2v) is 8.70. The number of pyridine rings is 1. The lowest BCUT2D eigenvalue weighted by atomic mass is 10.1. The number of allylic oxidation sites excluding steroid dienone is 2. The molecular weight excluding hydrogens is 499 g/mol. The van der Waals surface area contributed by atoms with Crippen LogP contribution in [0, 0.1) is 5.82 Å². The van der Waals surface area contributed by atoms with Crippen LogP contribution in [0.3, 0.4) is 0 Å². The number of phenols is 1. The van der Waals surface area contributed by atoms with E-state index >= 15 is 4.39 Å². The number of aromatic carboxylic acids is 1. The Hall–Kier alpha value is -3.95. The highest BCUT2D eigenvalue weighted by atomic mass is 35.5. The molecule has 0 spiro atoms. The highest BCUT2D eigenvalue weighted by molar-refractivity contribution is 6.29. The Labute approximate surface area is 218 Å². The van der Waals surface area contributed by atoms with Crippen LogP contribution < -0.4 is 16.1 Å². The third-order valence-corrected chi connectivity index (χ3v) is 6.30. The molecule has 10 heteroatoms. The fourth-order valence-corrected chi connectivity index (χ4v) is 4.65. The zero-order valence-electron chi connectivity index (χ0n) is 20.3. The van der Waals surface area contributed by atoms with Crippen LogP contribution in [0.4, 0.5) is 10.1 Å². The largest absolute Gasteiger partial charge is 0.508 e. The topological polar surface area (TPSA) is 121 Å². The second-order valence-electron chi connectivity index (χ2n) is 8.22.